The third-order valence-electron chi connectivity index (χ3n) is 4.96. The molecule has 1 fully saturated rings. The number of hydrogen-bond donors (Lipinski definition) is 1. The molecule has 25 heavy (non-hydrogen) atoms. The van der Waals surface area contributed by atoms with Crippen molar-refractivity contribution in [1.82, 2.24) is 19.4 Å². The molecule has 6 nitrogen and oxygen atoms in total. The molecule has 1 aromatic carbocycles. The highest BCUT2D eigenvalue weighted by molar-refractivity contribution is 5.84. The molecular formula is C19H23N5O. The summed E-state index contributed by atoms with van der Waals surface area (Å²) in [5.41, 5.74) is 2.17. The Balaban J connectivity index is 1.41. The Morgan fingerprint density at radius 2 is 1.92 bits per heavy atom. The van der Waals surface area contributed by atoms with E-state index in [1.807, 2.05) is 25.4 Å². The van der Waals surface area contributed by atoms with E-state index in [4.69, 9.17) is 0 Å². The number of para-hydroxylation sites is 1. The molecule has 1 unspecified atom stereocenters. The van der Waals surface area contributed by atoms with Gasteiger partial charge in [0.1, 0.15) is 5.82 Å². The molecule has 1 atom stereocenters. The Labute approximate surface area is 147 Å². The summed E-state index contributed by atoms with van der Waals surface area (Å²) in [6, 6.07) is 8.23. The lowest BCUT2D eigenvalue weighted by Gasteiger charge is -2.36. The minimum absolute atomic E-state index is 0.478. The summed E-state index contributed by atoms with van der Waals surface area (Å²) in [5.74, 6) is 0.928. The molecule has 3 aromatic rings. The van der Waals surface area contributed by atoms with Crippen molar-refractivity contribution in [3.63, 3.8) is 0 Å². The minimum atomic E-state index is -0.478. The van der Waals surface area contributed by atoms with Gasteiger partial charge >= 0.3 is 0 Å². The number of aliphatic hydroxyl groups is 1. The van der Waals surface area contributed by atoms with Crippen LogP contribution in [-0.4, -0.2) is 57.3 Å². The molecule has 0 spiro atoms. The number of fused-ring (bicyclic) bond motifs is 1. The Morgan fingerprint density at radius 3 is 2.68 bits per heavy atom. The predicted molar refractivity (Wildman–Crippen MR) is 98.6 cm³/mol. The van der Waals surface area contributed by atoms with Crippen molar-refractivity contribution in [2.75, 3.05) is 37.6 Å². The zero-order valence-electron chi connectivity index (χ0n) is 14.4. The van der Waals surface area contributed by atoms with E-state index >= 15 is 0 Å². The van der Waals surface area contributed by atoms with E-state index in [-0.39, 0.29) is 0 Å². The zero-order chi connectivity index (χ0) is 17.2. The fourth-order valence-corrected chi connectivity index (χ4v) is 3.60. The second-order valence-corrected chi connectivity index (χ2v) is 6.58. The SMILES string of the molecule is Cn1cc(C(O)CN2CCN(c3cnccn3)CC2)c2ccccc21. The summed E-state index contributed by atoms with van der Waals surface area (Å²) in [5, 5.41) is 11.9. The third kappa shape index (κ3) is 3.23. The maximum absolute atomic E-state index is 10.8. The molecule has 1 aliphatic heterocycles. The van der Waals surface area contributed by atoms with E-state index in [2.05, 4.69) is 36.5 Å². The van der Waals surface area contributed by atoms with E-state index in [9.17, 15) is 5.11 Å². The summed E-state index contributed by atoms with van der Waals surface area (Å²) >= 11 is 0. The summed E-state index contributed by atoms with van der Waals surface area (Å²) in [4.78, 5) is 13.1. The van der Waals surface area contributed by atoms with Crippen molar-refractivity contribution in [3.05, 3.63) is 54.6 Å². The second-order valence-electron chi connectivity index (χ2n) is 6.58. The molecule has 3 heterocycles. The van der Waals surface area contributed by atoms with E-state index in [0.717, 1.165) is 48.5 Å². The van der Waals surface area contributed by atoms with Gasteiger partial charge in [-0.3, -0.25) is 9.88 Å². The van der Waals surface area contributed by atoms with E-state index in [0.29, 0.717) is 6.54 Å². The topological polar surface area (TPSA) is 57.4 Å². The number of nitrogens with zero attached hydrogens (tertiary/aromatic N) is 5. The Morgan fingerprint density at radius 1 is 1.12 bits per heavy atom. The maximum atomic E-state index is 10.8. The molecule has 0 amide bonds. The van der Waals surface area contributed by atoms with Crippen LogP contribution in [0.2, 0.25) is 0 Å². The molecule has 130 valence electrons. The van der Waals surface area contributed by atoms with E-state index in [1.54, 1.807) is 18.6 Å². The van der Waals surface area contributed by atoms with Gasteiger partial charge in [0.15, 0.2) is 0 Å². The zero-order valence-corrected chi connectivity index (χ0v) is 14.4. The van der Waals surface area contributed by atoms with Gasteiger partial charge in [-0.1, -0.05) is 18.2 Å². The maximum Gasteiger partial charge on any atom is 0.147 e. The predicted octanol–water partition coefficient (Wildman–Crippen LogP) is 1.82. The van der Waals surface area contributed by atoms with Gasteiger partial charge in [-0.05, 0) is 6.07 Å². The van der Waals surface area contributed by atoms with Gasteiger partial charge in [-0.15, -0.1) is 0 Å². The lowest BCUT2D eigenvalue weighted by Crippen LogP contribution is -2.47. The van der Waals surface area contributed by atoms with Crippen molar-refractivity contribution in [2.24, 2.45) is 7.05 Å². The first-order valence-corrected chi connectivity index (χ1v) is 8.68. The highest BCUT2D eigenvalue weighted by Gasteiger charge is 2.22. The van der Waals surface area contributed by atoms with Crippen LogP contribution in [0.1, 0.15) is 11.7 Å². The molecule has 6 heteroatoms. The number of rotatable bonds is 4. The fourth-order valence-electron chi connectivity index (χ4n) is 3.60. The summed E-state index contributed by atoms with van der Waals surface area (Å²) in [6.45, 7) is 4.29. The van der Waals surface area contributed by atoms with Gasteiger partial charge < -0.3 is 14.6 Å². The molecule has 0 radical (unpaired) electrons. The first-order chi connectivity index (χ1) is 12.2. The van der Waals surface area contributed by atoms with E-state index in [1.165, 1.54) is 0 Å². The Bertz CT molecular complexity index is 839. The smallest absolute Gasteiger partial charge is 0.147 e. The Kier molecular flexibility index (Phi) is 4.38. The average Bonchev–Trinajstić information content (AvgIpc) is 3.00. The standard InChI is InChI=1S/C19H23N5O/c1-22-13-16(15-4-2-3-5-17(15)22)18(25)14-23-8-10-24(11-9-23)19-12-20-6-7-21-19/h2-7,12-13,18,25H,8-11,14H2,1H3. The third-order valence-corrected chi connectivity index (χ3v) is 4.96. The number of hydrogen-bond acceptors (Lipinski definition) is 5. The molecule has 1 aliphatic rings. The van der Waals surface area contributed by atoms with E-state index < -0.39 is 6.10 Å². The molecule has 0 bridgehead atoms. The van der Waals surface area contributed by atoms with Crippen molar-refractivity contribution in [1.29, 1.82) is 0 Å². The number of benzene rings is 1. The largest absolute Gasteiger partial charge is 0.387 e. The monoisotopic (exact) mass is 337 g/mol. The van der Waals surface area contributed by atoms with Crippen molar-refractivity contribution < 1.29 is 5.11 Å². The number of aromatic nitrogens is 3. The van der Waals surface area contributed by atoms with Gasteiger partial charge in [0.05, 0.1) is 12.3 Å². The van der Waals surface area contributed by atoms with Gasteiger partial charge in [-0.2, -0.15) is 0 Å². The van der Waals surface area contributed by atoms with Crippen LogP contribution in [-0.2, 0) is 7.05 Å². The number of piperazine rings is 1. The molecule has 0 saturated carbocycles. The number of anilines is 1. The quantitative estimate of drug-likeness (QED) is 0.787. The van der Waals surface area contributed by atoms with Gasteiger partial charge in [0.25, 0.3) is 0 Å². The fraction of sp³-hybridized carbons (Fsp3) is 0.368. The molecule has 1 N–H and O–H groups in total. The molecular weight excluding hydrogens is 314 g/mol. The van der Waals surface area contributed by atoms with Gasteiger partial charge in [0, 0.05) is 74.8 Å². The lowest BCUT2D eigenvalue weighted by molar-refractivity contribution is 0.110. The first-order valence-electron chi connectivity index (χ1n) is 8.68. The van der Waals surface area contributed by atoms with Crippen molar-refractivity contribution in [3.8, 4) is 0 Å². The molecule has 2 aromatic heterocycles. The summed E-state index contributed by atoms with van der Waals surface area (Å²) in [7, 11) is 2.03. The van der Waals surface area contributed by atoms with Crippen LogP contribution < -0.4 is 4.90 Å². The van der Waals surface area contributed by atoms with Crippen molar-refractivity contribution >= 4 is 16.7 Å². The van der Waals surface area contributed by atoms with Crippen LogP contribution in [0.3, 0.4) is 0 Å². The first kappa shape index (κ1) is 16.1. The molecule has 0 aliphatic carbocycles. The molecule has 4 rings (SSSR count). The van der Waals surface area contributed by atoms with Crippen molar-refractivity contribution in [2.45, 2.75) is 6.10 Å². The van der Waals surface area contributed by atoms with Crippen LogP contribution in [0.25, 0.3) is 10.9 Å². The normalized spacial score (nSPS) is 17.1. The van der Waals surface area contributed by atoms with Crippen LogP contribution in [0.15, 0.2) is 49.1 Å². The minimum Gasteiger partial charge on any atom is -0.387 e. The highest BCUT2D eigenvalue weighted by Crippen LogP contribution is 2.26. The number of aryl methyl sites for hydroxylation is 1. The number of aliphatic hydroxyl groups excluding tert-OH is 1. The summed E-state index contributed by atoms with van der Waals surface area (Å²) in [6.07, 6.45) is 6.80. The highest BCUT2D eigenvalue weighted by atomic mass is 16.3. The van der Waals surface area contributed by atoms with Crippen LogP contribution in [0.5, 0.6) is 0 Å². The average molecular weight is 337 g/mol. The lowest BCUT2D eigenvalue weighted by atomic mass is 10.1. The Hall–Kier alpha value is -2.44. The van der Waals surface area contributed by atoms with Gasteiger partial charge in [-0.25, -0.2) is 4.98 Å². The number of β-amino-alcohol motifs (C(OH)–C–C–N with tert-alkyl or cyclic N) is 1. The van der Waals surface area contributed by atoms with Crippen LogP contribution in [0, 0.1) is 0 Å². The van der Waals surface area contributed by atoms with Crippen LogP contribution >= 0.6 is 0 Å². The van der Waals surface area contributed by atoms with Gasteiger partial charge in [0.2, 0.25) is 0 Å². The molecule has 1 saturated heterocycles. The summed E-state index contributed by atoms with van der Waals surface area (Å²) < 4.78 is 2.08. The second kappa shape index (κ2) is 6.82. The van der Waals surface area contributed by atoms with Crippen LogP contribution in [0.4, 0.5) is 5.82 Å².